The largest absolute Gasteiger partial charge is 0.247 e. The van der Waals surface area contributed by atoms with Crippen molar-refractivity contribution in [3.63, 3.8) is 0 Å². The lowest BCUT2D eigenvalue weighted by molar-refractivity contribution is 1.47. The van der Waals surface area contributed by atoms with Crippen molar-refractivity contribution in [2.24, 2.45) is 0 Å². The van der Waals surface area contributed by atoms with Gasteiger partial charge in [-0.1, -0.05) is 89.5 Å². The van der Waals surface area contributed by atoms with Gasteiger partial charge in [0.1, 0.15) is 0 Å². The molecule has 0 atom stereocenters. The fourth-order valence-electron chi connectivity index (χ4n) is 2.85. The number of hydrogen-bond donors (Lipinski definition) is 0. The van der Waals surface area contributed by atoms with Crippen LogP contribution in [0.2, 0.25) is 0 Å². The molecule has 0 saturated carbocycles. The van der Waals surface area contributed by atoms with Gasteiger partial charge in [0.25, 0.3) is 0 Å². The van der Waals surface area contributed by atoms with Crippen LogP contribution in [0.4, 0.5) is 0 Å². The average molecular weight is 337 g/mol. The van der Waals surface area contributed by atoms with Crippen molar-refractivity contribution >= 4 is 34.0 Å². The molecule has 3 aromatic rings. The molecule has 0 aliphatic carbocycles. The predicted octanol–water partition coefficient (Wildman–Crippen LogP) is 3.82. The average Bonchev–Trinajstić information content (AvgIpc) is 2.56. The third kappa shape index (κ3) is 3.12. The third-order valence-corrected chi connectivity index (χ3v) is 9.70. The van der Waals surface area contributed by atoms with Crippen LogP contribution in [0, 0.1) is 20.8 Å². The minimum absolute atomic E-state index is 1.23. The van der Waals surface area contributed by atoms with Gasteiger partial charge in [-0.15, -0.1) is 11.1 Å². The van der Waals surface area contributed by atoms with Crippen molar-refractivity contribution in [1.29, 1.82) is 0 Å². The lowest BCUT2D eigenvalue weighted by atomic mass is 10.2. The molecule has 3 aromatic carbocycles. The van der Waals surface area contributed by atoms with Gasteiger partial charge in [-0.25, -0.2) is 0 Å². The highest BCUT2D eigenvalue weighted by Gasteiger charge is 2.37. The van der Waals surface area contributed by atoms with Crippen molar-refractivity contribution in [3.8, 4) is 0 Å². The molecule has 0 N–H and O–H groups in total. The van der Waals surface area contributed by atoms with Gasteiger partial charge < -0.3 is 0 Å². The first-order valence-corrected chi connectivity index (χ1v) is 10.9. The Morgan fingerprint density at radius 2 is 0.696 bits per heavy atom. The number of hydrogen-bond acceptors (Lipinski definition) is 0. The fourth-order valence-corrected chi connectivity index (χ4v) is 6.86. The summed E-state index contributed by atoms with van der Waals surface area (Å²) in [4.78, 5) is 0. The first kappa shape index (κ1) is 16.0. The van der Waals surface area contributed by atoms with E-state index in [1.807, 2.05) is 0 Å². The number of halogens is 1. The van der Waals surface area contributed by atoms with Crippen molar-refractivity contribution in [3.05, 3.63) is 89.5 Å². The summed E-state index contributed by atoms with van der Waals surface area (Å²) >= 11 is 7.41. The molecular weight excluding hydrogens is 316 g/mol. The predicted molar refractivity (Wildman–Crippen MR) is 104 cm³/mol. The topological polar surface area (TPSA) is 0 Å². The third-order valence-electron chi connectivity index (χ3n) is 4.35. The summed E-state index contributed by atoms with van der Waals surface area (Å²) in [5.74, 6) is 0. The van der Waals surface area contributed by atoms with Crippen LogP contribution in [0.25, 0.3) is 0 Å². The highest BCUT2D eigenvalue weighted by molar-refractivity contribution is 7.40. The SMILES string of the molecule is Cc1ccc([Si](Cl)(c2ccc(C)cc2)c2ccc(C)cc2)cc1. The Balaban J connectivity index is 2.21. The minimum Gasteiger partial charge on any atom is -0.149 e. The molecule has 0 saturated heterocycles. The Labute approximate surface area is 144 Å². The molecule has 0 fully saturated rings. The molecule has 0 nitrogen and oxygen atoms in total. The second-order valence-corrected chi connectivity index (χ2v) is 11.0. The van der Waals surface area contributed by atoms with Gasteiger partial charge >= 0.3 is 0 Å². The summed E-state index contributed by atoms with van der Waals surface area (Å²) < 4.78 is 0. The van der Waals surface area contributed by atoms with Gasteiger partial charge in [0.15, 0.2) is 0 Å². The maximum atomic E-state index is 7.41. The molecule has 0 amide bonds. The molecule has 0 radical (unpaired) electrons. The van der Waals surface area contributed by atoms with Crippen molar-refractivity contribution in [1.82, 2.24) is 0 Å². The van der Waals surface area contributed by atoms with Crippen LogP contribution in [-0.2, 0) is 0 Å². The van der Waals surface area contributed by atoms with Crippen molar-refractivity contribution in [2.45, 2.75) is 20.8 Å². The molecule has 0 aromatic heterocycles. The molecule has 0 aliphatic rings. The molecule has 116 valence electrons. The van der Waals surface area contributed by atoms with Crippen LogP contribution in [0.1, 0.15) is 16.7 Å². The number of benzene rings is 3. The normalized spacial score (nSPS) is 11.5. The molecule has 0 heterocycles. The summed E-state index contributed by atoms with van der Waals surface area (Å²) in [5.41, 5.74) is 3.78. The van der Waals surface area contributed by atoms with E-state index >= 15 is 0 Å². The highest BCUT2D eigenvalue weighted by atomic mass is 35.6. The van der Waals surface area contributed by atoms with Gasteiger partial charge in [-0.05, 0) is 36.3 Å². The van der Waals surface area contributed by atoms with Gasteiger partial charge in [-0.2, -0.15) is 0 Å². The van der Waals surface area contributed by atoms with E-state index in [1.165, 1.54) is 32.3 Å². The number of aryl methyl sites for hydroxylation is 3. The van der Waals surface area contributed by atoms with Crippen LogP contribution < -0.4 is 15.6 Å². The zero-order valence-corrected chi connectivity index (χ0v) is 15.6. The highest BCUT2D eigenvalue weighted by Crippen LogP contribution is 2.13. The molecule has 0 unspecified atom stereocenters. The first-order valence-electron chi connectivity index (χ1n) is 7.90. The second kappa shape index (κ2) is 6.35. The van der Waals surface area contributed by atoms with Crippen LogP contribution in [-0.4, -0.2) is 7.38 Å². The molecule has 0 spiro atoms. The Hall–Kier alpha value is -1.83. The Morgan fingerprint density at radius 3 is 0.913 bits per heavy atom. The summed E-state index contributed by atoms with van der Waals surface area (Å²) in [6, 6.07) is 26.1. The summed E-state index contributed by atoms with van der Waals surface area (Å²) in [7, 11) is -2.47. The lowest BCUT2D eigenvalue weighted by Gasteiger charge is -2.27. The van der Waals surface area contributed by atoms with E-state index in [-0.39, 0.29) is 0 Å². The van der Waals surface area contributed by atoms with Crippen LogP contribution in [0.15, 0.2) is 72.8 Å². The molecule has 2 heteroatoms. The second-order valence-electron chi connectivity index (χ2n) is 6.26. The van der Waals surface area contributed by atoms with E-state index in [0.29, 0.717) is 0 Å². The van der Waals surface area contributed by atoms with Gasteiger partial charge in [0.05, 0.1) is 0 Å². The van der Waals surface area contributed by atoms with Crippen LogP contribution in [0.3, 0.4) is 0 Å². The molecule has 0 bridgehead atoms. The van der Waals surface area contributed by atoms with E-state index in [0.717, 1.165) is 0 Å². The Bertz CT molecular complexity index is 676. The Kier molecular flexibility index (Phi) is 4.43. The summed E-state index contributed by atoms with van der Waals surface area (Å²) in [6.45, 7) is 6.33. The van der Waals surface area contributed by atoms with Gasteiger partial charge in [0, 0.05) is 0 Å². The van der Waals surface area contributed by atoms with E-state index in [9.17, 15) is 0 Å². The summed E-state index contributed by atoms with van der Waals surface area (Å²) in [6.07, 6.45) is 0. The van der Waals surface area contributed by atoms with Crippen molar-refractivity contribution < 1.29 is 0 Å². The standard InChI is InChI=1S/C21H21ClSi/c1-16-4-10-19(11-5-16)23(22,20-12-6-17(2)7-13-20)21-14-8-18(3)9-15-21/h4-15H,1-3H3. The van der Waals surface area contributed by atoms with E-state index < -0.39 is 7.38 Å². The Morgan fingerprint density at radius 1 is 0.478 bits per heavy atom. The summed E-state index contributed by atoms with van der Waals surface area (Å²) in [5, 5.41) is 3.70. The molecule has 23 heavy (non-hydrogen) atoms. The zero-order valence-electron chi connectivity index (χ0n) is 13.8. The van der Waals surface area contributed by atoms with E-state index in [1.54, 1.807) is 0 Å². The maximum absolute atomic E-state index is 7.41. The molecule has 3 rings (SSSR count). The fraction of sp³-hybridized carbons (Fsp3) is 0.143. The van der Waals surface area contributed by atoms with Crippen molar-refractivity contribution in [2.75, 3.05) is 0 Å². The minimum atomic E-state index is -2.47. The quantitative estimate of drug-likeness (QED) is 0.387. The number of rotatable bonds is 3. The first-order chi connectivity index (χ1) is 11.0. The molecular formula is C21H21ClSi. The van der Waals surface area contributed by atoms with E-state index in [4.69, 9.17) is 11.1 Å². The van der Waals surface area contributed by atoms with Crippen LogP contribution >= 0.6 is 11.1 Å². The smallest absolute Gasteiger partial charge is 0.149 e. The van der Waals surface area contributed by atoms with Gasteiger partial charge in [0.2, 0.25) is 7.38 Å². The monoisotopic (exact) mass is 336 g/mol. The maximum Gasteiger partial charge on any atom is 0.247 e. The lowest BCUT2D eigenvalue weighted by Crippen LogP contribution is -2.62. The van der Waals surface area contributed by atoms with E-state index in [2.05, 4.69) is 93.6 Å². The zero-order chi connectivity index (χ0) is 16.4. The van der Waals surface area contributed by atoms with Gasteiger partial charge in [-0.3, -0.25) is 0 Å². The molecule has 0 aliphatic heterocycles. The van der Waals surface area contributed by atoms with Crippen LogP contribution in [0.5, 0.6) is 0 Å².